The molecule has 3 aromatic rings. The third-order valence-corrected chi connectivity index (χ3v) is 3.44. The Kier molecular flexibility index (Phi) is 3.11. The molecule has 0 radical (unpaired) electrons. The van der Waals surface area contributed by atoms with Gasteiger partial charge in [0, 0.05) is 19.6 Å². The van der Waals surface area contributed by atoms with Crippen LogP contribution in [-0.2, 0) is 13.6 Å². The number of rotatable bonds is 4. The molecule has 1 atom stereocenters. The summed E-state index contributed by atoms with van der Waals surface area (Å²) in [4.78, 5) is 16.7. The minimum absolute atomic E-state index is 0.160. The van der Waals surface area contributed by atoms with Crippen LogP contribution in [0.25, 0.3) is 11.0 Å². The Hall–Kier alpha value is -2.41. The van der Waals surface area contributed by atoms with Gasteiger partial charge in [0.25, 0.3) is 0 Å². The Morgan fingerprint density at radius 3 is 2.90 bits per heavy atom. The molecule has 1 aromatic carbocycles. The first kappa shape index (κ1) is 12.6. The molecule has 20 heavy (non-hydrogen) atoms. The van der Waals surface area contributed by atoms with Gasteiger partial charge in [-0.2, -0.15) is 0 Å². The number of hydrogen-bond donors (Lipinski definition) is 3. The van der Waals surface area contributed by atoms with Crippen molar-refractivity contribution in [1.82, 2.24) is 30.3 Å². The van der Waals surface area contributed by atoms with Crippen LogP contribution in [0.15, 0.2) is 29.2 Å². The van der Waals surface area contributed by atoms with Crippen LogP contribution in [0.2, 0.25) is 0 Å². The van der Waals surface area contributed by atoms with Gasteiger partial charge in [0.1, 0.15) is 0 Å². The number of aromatic nitrogens is 5. The Morgan fingerprint density at radius 1 is 1.35 bits per heavy atom. The lowest BCUT2D eigenvalue weighted by Gasteiger charge is -2.14. The van der Waals surface area contributed by atoms with Crippen molar-refractivity contribution in [3.05, 3.63) is 46.1 Å². The third-order valence-electron chi connectivity index (χ3n) is 3.44. The first-order valence-corrected chi connectivity index (χ1v) is 6.42. The Morgan fingerprint density at radius 2 is 2.15 bits per heavy atom. The lowest BCUT2D eigenvalue weighted by atomic mass is 10.1. The van der Waals surface area contributed by atoms with E-state index in [1.165, 1.54) is 0 Å². The minimum atomic E-state index is -0.182. The highest BCUT2D eigenvalue weighted by atomic mass is 16.1. The normalized spacial score (nSPS) is 12.9. The number of aryl methyl sites for hydroxylation is 1. The van der Waals surface area contributed by atoms with Crippen molar-refractivity contribution in [2.75, 3.05) is 0 Å². The topological polar surface area (TPSA) is 91.4 Å². The molecule has 2 aromatic heterocycles. The summed E-state index contributed by atoms with van der Waals surface area (Å²) in [5.41, 5.74) is 3.60. The van der Waals surface area contributed by atoms with E-state index >= 15 is 0 Å². The number of nitrogens with one attached hydrogen (secondary N) is 3. The summed E-state index contributed by atoms with van der Waals surface area (Å²) < 4.78 is 1.74. The van der Waals surface area contributed by atoms with Crippen LogP contribution in [-0.4, -0.2) is 25.0 Å². The van der Waals surface area contributed by atoms with Crippen molar-refractivity contribution in [2.24, 2.45) is 7.05 Å². The molecule has 0 aliphatic heterocycles. The largest absolute Gasteiger partial charge is 0.323 e. The van der Waals surface area contributed by atoms with Gasteiger partial charge in [0.05, 0.1) is 22.9 Å². The lowest BCUT2D eigenvalue weighted by Crippen LogP contribution is -2.19. The quantitative estimate of drug-likeness (QED) is 0.656. The molecular formula is C13H16N6O. The van der Waals surface area contributed by atoms with E-state index in [0.29, 0.717) is 6.54 Å². The Balaban J connectivity index is 1.76. The summed E-state index contributed by atoms with van der Waals surface area (Å²) in [5, 5.41) is 11.1. The molecule has 0 spiro atoms. The first-order chi connectivity index (χ1) is 9.63. The number of benzene rings is 1. The van der Waals surface area contributed by atoms with E-state index in [4.69, 9.17) is 0 Å². The van der Waals surface area contributed by atoms with Crippen LogP contribution < -0.4 is 11.0 Å². The number of nitrogens with zero attached hydrogens (tertiary/aromatic N) is 3. The van der Waals surface area contributed by atoms with E-state index in [9.17, 15) is 4.79 Å². The molecule has 3 rings (SSSR count). The smallest absolute Gasteiger partial charge is 0.306 e. The summed E-state index contributed by atoms with van der Waals surface area (Å²) in [6.07, 6.45) is 1.74. The highest BCUT2D eigenvalue weighted by Gasteiger charge is 2.08. The van der Waals surface area contributed by atoms with E-state index in [1.807, 2.05) is 25.2 Å². The van der Waals surface area contributed by atoms with Crippen molar-refractivity contribution in [3.63, 3.8) is 0 Å². The predicted octanol–water partition coefficient (Wildman–Crippen LogP) is 0.835. The fourth-order valence-electron chi connectivity index (χ4n) is 2.17. The molecule has 7 nitrogen and oxygen atoms in total. The van der Waals surface area contributed by atoms with E-state index in [0.717, 1.165) is 22.3 Å². The third kappa shape index (κ3) is 2.35. The second kappa shape index (κ2) is 4.93. The van der Waals surface area contributed by atoms with Crippen LogP contribution >= 0.6 is 0 Å². The summed E-state index contributed by atoms with van der Waals surface area (Å²) in [6, 6.07) is 6.05. The molecule has 0 saturated carbocycles. The van der Waals surface area contributed by atoms with Crippen molar-refractivity contribution in [3.8, 4) is 0 Å². The summed E-state index contributed by atoms with van der Waals surface area (Å²) in [5.74, 6) is 0. The van der Waals surface area contributed by atoms with Gasteiger partial charge in [-0.15, -0.1) is 5.10 Å². The average molecular weight is 272 g/mol. The SMILES string of the molecule is CC(NCc1cnnn1C)c1ccc2[nH]c(=O)[nH]c2c1. The zero-order valence-electron chi connectivity index (χ0n) is 11.3. The number of H-pyrrole nitrogens is 2. The predicted molar refractivity (Wildman–Crippen MR) is 75.2 cm³/mol. The minimum Gasteiger partial charge on any atom is -0.306 e. The standard InChI is InChI=1S/C13H16N6O/c1-8(14-6-10-7-15-18-19(10)2)9-3-4-11-12(5-9)17-13(20)16-11/h3-5,7-8,14H,6H2,1-2H3,(H2,16,17,20). The van der Waals surface area contributed by atoms with Crippen molar-refractivity contribution < 1.29 is 0 Å². The van der Waals surface area contributed by atoms with Crippen LogP contribution in [0.5, 0.6) is 0 Å². The molecular weight excluding hydrogens is 256 g/mol. The van der Waals surface area contributed by atoms with E-state index in [-0.39, 0.29) is 11.7 Å². The maximum atomic E-state index is 11.2. The molecule has 0 amide bonds. The summed E-state index contributed by atoms with van der Waals surface area (Å²) in [7, 11) is 1.87. The average Bonchev–Trinajstić information content (AvgIpc) is 2.99. The van der Waals surface area contributed by atoms with Crippen molar-refractivity contribution >= 4 is 11.0 Å². The van der Waals surface area contributed by atoms with Crippen LogP contribution in [0.1, 0.15) is 24.2 Å². The van der Waals surface area contributed by atoms with E-state index in [1.54, 1.807) is 10.9 Å². The molecule has 2 heterocycles. The van der Waals surface area contributed by atoms with Gasteiger partial charge >= 0.3 is 5.69 Å². The Labute approximate surface area is 115 Å². The van der Waals surface area contributed by atoms with Crippen molar-refractivity contribution in [2.45, 2.75) is 19.5 Å². The molecule has 3 N–H and O–H groups in total. The molecule has 0 aliphatic rings. The van der Waals surface area contributed by atoms with Crippen LogP contribution in [0, 0.1) is 0 Å². The second-order valence-corrected chi connectivity index (χ2v) is 4.84. The molecule has 7 heteroatoms. The number of aromatic amines is 2. The zero-order chi connectivity index (χ0) is 14.1. The monoisotopic (exact) mass is 272 g/mol. The molecule has 0 bridgehead atoms. The molecule has 104 valence electrons. The van der Waals surface area contributed by atoms with Gasteiger partial charge in [-0.05, 0) is 24.6 Å². The first-order valence-electron chi connectivity index (χ1n) is 6.42. The van der Waals surface area contributed by atoms with Gasteiger partial charge in [-0.25, -0.2) is 4.79 Å². The highest BCUT2D eigenvalue weighted by Crippen LogP contribution is 2.17. The maximum Gasteiger partial charge on any atom is 0.323 e. The summed E-state index contributed by atoms with van der Waals surface area (Å²) >= 11 is 0. The fourth-order valence-corrected chi connectivity index (χ4v) is 2.17. The molecule has 0 fully saturated rings. The van der Waals surface area contributed by atoms with Gasteiger partial charge in [-0.3, -0.25) is 4.68 Å². The zero-order valence-corrected chi connectivity index (χ0v) is 11.3. The molecule has 1 unspecified atom stereocenters. The van der Waals surface area contributed by atoms with Gasteiger partial charge in [0.15, 0.2) is 0 Å². The fraction of sp³-hybridized carbons (Fsp3) is 0.308. The summed E-state index contributed by atoms with van der Waals surface area (Å²) in [6.45, 7) is 2.77. The van der Waals surface area contributed by atoms with Crippen LogP contribution in [0.3, 0.4) is 0 Å². The van der Waals surface area contributed by atoms with Gasteiger partial charge in [-0.1, -0.05) is 11.3 Å². The van der Waals surface area contributed by atoms with Crippen molar-refractivity contribution in [1.29, 1.82) is 0 Å². The number of imidazole rings is 1. The lowest BCUT2D eigenvalue weighted by molar-refractivity contribution is 0.546. The second-order valence-electron chi connectivity index (χ2n) is 4.84. The molecule has 0 saturated heterocycles. The maximum absolute atomic E-state index is 11.2. The van der Waals surface area contributed by atoms with E-state index < -0.39 is 0 Å². The number of hydrogen-bond acceptors (Lipinski definition) is 4. The van der Waals surface area contributed by atoms with Gasteiger partial charge < -0.3 is 15.3 Å². The van der Waals surface area contributed by atoms with E-state index in [2.05, 4.69) is 32.5 Å². The molecule has 0 aliphatic carbocycles. The van der Waals surface area contributed by atoms with Gasteiger partial charge in [0.2, 0.25) is 0 Å². The van der Waals surface area contributed by atoms with Crippen LogP contribution in [0.4, 0.5) is 0 Å². The Bertz CT molecular complexity index is 783. The number of fused-ring (bicyclic) bond motifs is 1. The highest BCUT2D eigenvalue weighted by molar-refractivity contribution is 5.75.